The molecule has 0 spiro atoms. The molecule has 2 rings (SSSR count). The molecule has 0 aliphatic rings. The molecule has 0 saturated carbocycles. The van der Waals surface area contributed by atoms with Crippen LogP contribution >= 0.6 is 0 Å². The third kappa shape index (κ3) is 3.57. The lowest BCUT2D eigenvalue weighted by Crippen LogP contribution is -2.38. The number of amides is 1. The Kier molecular flexibility index (Phi) is 3.54. The predicted octanol–water partition coefficient (Wildman–Crippen LogP) is 1.60. The molecule has 102 valence electrons. The lowest BCUT2D eigenvalue weighted by molar-refractivity contribution is -0.142. The maximum absolute atomic E-state index is 12.5. The first-order valence-electron chi connectivity index (χ1n) is 5.19. The zero-order valence-electron chi connectivity index (χ0n) is 9.52. The zero-order valence-corrected chi connectivity index (χ0v) is 9.52. The van der Waals surface area contributed by atoms with E-state index in [1.54, 1.807) is 0 Å². The number of aromatic amines is 1. The molecule has 1 amide bonds. The topological polar surface area (TPSA) is 75.0 Å². The van der Waals surface area contributed by atoms with Crippen LogP contribution in [-0.2, 0) is 6.54 Å². The molecule has 0 unspecified atom stereocenters. The summed E-state index contributed by atoms with van der Waals surface area (Å²) in [7, 11) is 0. The molecule has 0 aromatic carbocycles. The van der Waals surface area contributed by atoms with Crippen LogP contribution in [0.25, 0.3) is 0 Å². The SMILES string of the molecule is O=C(c1ncn[nH]1)N(Cc1ccco1)CC(F)(F)F. The van der Waals surface area contributed by atoms with Gasteiger partial charge in [0.25, 0.3) is 5.91 Å². The maximum Gasteiger partial charge on any atom is 0.406 e. The molecule has 0 atom stereocenters. The highest BCUT2D eigenvalue weighted by Gasteiger charge is 2.34. The Labute approximate surface area is 105 Å². The number of halogens is 3. The highest BCUT2D eigenvalue weighted by Crippen LogP contribution is 2.19. The van der Waals surface area contributed by atoms with Crippen molar-refractivity contribution in [3.63, 3.8) is 0 Å². The van der Waals surface area contributed by atoms with Crippen LogP contribution in [0.1, 0.15) is 16.4 Å². The summed E-state index contributed by atoms with van der Waals surface area (Å²) in [5.74, 6) is -0.904. The number of nitrogens with one attached hydrogen (secondary N) is 1. The number of H-pyrrole nitrogens is 1. The van der Waals surface area contributed by atoms with Crippen LogP contribution in [0.5, 0.6) is 0 Å². The van der Waals surface area contributed by atoms with Crippen LogP contribution in [0.2, 0.25) is 0 Å². The number of nitrogens with zero attached hydrogens (tertiary/aromatic N) is 3. The molecule has 1 N–H and O–H groups in total. The van der Waals surface area contributed by atoms with Crippen molar-refractivity contribution in [2.45, 2.75) is 12.7 Å². The molecule has 19 heavy (non-hydrogen) atoms. The molecule has 0 radical (unpaired) electrons. The molecule has 0 aliphatic carbocycles. The Balaban J connectivity index is 2.16. The lowest BCUT2D eigenvalue weighted by atomic mass is 10.3. The molecule has 2 aromatic rings. The van der Waals surface area contributed by atoms with Crippen LogP contribution in [0.15, 0.2) is 29.1 Å². The molecular formula is C10H9F3N4O2. The van der Waals surface area contributed by atoms with Gasteiger partial charge in [0.15, 0.2) is 0 Å². The second-order valence-electron chi connectivity index (χ2n) is 3.69. The quantitative estimate of drug-likeness (QED) is 0.918. The fourth-order valence-electron chi connectivity index (χ4n) is 1.46. The number of hydrogen-bond acceptors (Lipinski definition) is 4. The van der Waals surface area contributed by atoms with Gasteiger partial charge in [-0.3, -0.25) is 9.89 Å². The highest BCUT2D eigenvalue weighted by molar-refractivity contribution is 5.90. The number of carbonyl (C=O) groups is 1. The van der Waals surface area contributed by atoms with Crippen molar-refractivity contribution < 1.29 is 22.4 Å². The molecule has 6 nitrogen and oxygen atoms in total. The summed E-state index contributed by atoms with van der Waals surface area (Å²) >= 11 is 0. The first kappa shape index (κ1) is 13.1. The van der Waals surface area contributed by atoms with Crippen molar-refractivity contribution in [3.8, 4) is 0 Å². The summed E-state index contributed by atoms with van der Waals surface area (Å²) in [6.07, 6.45) is -2.14. The fraction of sp³-hybridized carbons (Fsp3) is 0.300. The number of carbonyl (C=O) groups excluding carboxylic acids is 1. The monoisotopic (exact) mass is 274 g/mol. The first-order valence-corrected chi connectivity index (χ1v) is 5.19. The summed E-state index contributed by atoms with van der Waals surface area (Å²) in [5.41, 5.74) is 0. The van der Waals surface area contributed by atoms with Gasteiger partial charge in [0.2, 0.25) is 5.82 Å². The number of alkyl halides is 3. The molecule has 0 saturated heterocycles. The van der Waals surface area contributed by atoms with Gasteiger partial charge in [0, 0.05) is 0 Å². The summed E-state index contributed by atoms with van der Waals surface area (Å²) in [6, 6.07) is 3.01. The lowest BCUT2D eigenvalue weighted by Gasteiger charge is -2.21. The predicted molar refractivity (Wildman–Crippen MR) is 55.9 cm³/mol. The zero-order chi connectivity index (χ0) is 13.9. The second-order valence-corrected chi connectivity index (χ2v) is 3.69. The Morgan fingerprint density at radius 1 is 1.47 bits per heavy atom. The number of rotatable bonds is 4. The molecule has 0 fully saturated rings. The summed E-state index contributed by atoms with van der Waals surface area (Å²) in [4.78, 5) is 16.0. The Morgan fingerprint density at radius 2 is 2.26 bits per heavy atom. The standard InChI is InChI=1S/C10H9F3N4O2/c11-10(12,13)5-17(4-7-2-1-3-19-7)9(18)8-14-6-15-16-8/h1-3,6H,4-5H2,(H,14,15,16). The van der Waals surface area contributed by atoms with Crippen molar-refractivity contribution in [1.29, 1.82) is 0 Å². The second kappa shape index (κ2) is 5.12. The molecular weight excluding hydrogens is 265 g/mol. The maximum atomic E-state index is 12.5. The Hall–Kier alpha value is -2.32. The highest BCUT2D eigenvalue weighted by atomic mass is 19.4. The summed E-state index contributed by atoms with van der Waals surface area (Å²) in [5, 5.41) is 5.66. The Bertz CT molecular complexity index is 521. The van der Waals surface area contributed by atoms with Gasteiger partial charge < -0.3 is 9.32 Å². The normalized spacial score (nSPS) is 11.5. The summed E-state index contributed by atoms with van der Waals surface area (Å²) in [6.45, 7) is -1.70. The van der Waals surface area contributed by atoms with E-state index < -0.39 is 18.6 Å². The van der Waals surface area contributed by atoms with Gasteiger partial charge in [-0.05, 0) is 12.1 Å². The third-order valence-electron chi connectivity index (χ3n) is 2.20. The number of aromatic nitrogens is 3. The minimum Gasteiger partial charge on any atom is -0.467 e. The van der Waals surface area contributed by atoms with E-state index in [4.69, 9.17) is 4.42 Å². The number of hydrogen-bond donors (Lipinski definition) is 1. The van der Waals surface area contributed by atoms with Crippen molar-refractivity contribution in [2.75, 3.05) is 6.54 Å². The first-order chi connectivity index (χ1) is 8.96. The van der Waals surface area contributed by atoms with Crippen molar-refractivity contribution in [1.82, 2.24) is 20.1 Å². The minimum absolute atomic E-state index is 0.247. The molecule has 0 bridgehead atoms. The van der Waals surface area contributed by atoms with E-state index in [0.717, 1.165) is 6.33 Å². The van der Waals surface area contributed by atoms with Crippen molar-refractivity contribution in [3.05, 3.63) is 36.3 Å². The van der Waals surface area contributed by atoms with E-state index in [0.29, 0.717) is 4.90 Å². The fourth-order valence-corrected chi connectivity index (χ4v) is 1.46. The molecule has 2 heterocycles. The summed E-state index contributed by atoms with van der Waals surface area (Å²) < 4.78 is 42.3. The number of furan rings is 1. The van der Waals surface area contributed by atoms with Crippen LogP contribution in [-0.4, -0.2) is 38.7 Å². The van der Waals surface area contributed by atoms with E-state index in [-0.39, 0.29) is 18.1 Å². The van der Waals surface area contributed by atoms with Gasteiger partial charge in [-0.1, -0.05) is 0 Å². The van der Waals surface area contributed by atoms with Gasteiger partial charge in [0.05, 0.1) is 12.8 Å². The minimum atomic E-state index is -4.51. The van der Waals surface area contributed by atoms with E-state index in [1.165, 1.54) is 18.4 Å². The van der Waals surface area contributed by atoms with Crippen LogP contribution < -0.4 is 0 Å². The molecule has 9 heteroatoms. The van der Waals surface area contributed by atoms with E-state index in [1.807, 2.05) is 0 Å². The van der Waals surface area contributed by atoms with Crippen LogP contribution in [0, 0.1) is 0 Å². The third-order valence-corrected chi connectivity index (χ3v) is 2.20. The molecule has 0 aliphatic heterocycles. The van der Waals surface area contributed by atoms with Gasteiger partial charge in [-0.2, -0.15) is 18.3 Å². The Morgan fingerprint density at radius 3 is 2.79 bits per heavy atom. The van der Waals surface area contributed by atoms with Crippen LogP contribution in [0.3, 0.4) is 0 Å². The van der Waals surface area contributed by atoms with Gasteiger partial charge in [-0.25, -0.2) is 4.98 Å². The largest absolute Gasteiger partial charge is 0.467 e. The smallest absolute Gasteiger partial charge is 0.406 e. The van der Waals surface area contributed by atoms with Gasteiger partial charge in [-0.15, -0.1) is 0 Å². The average Bonchev–Trinajstić information content (AvgIpc) is 2.98. The van der Waals surface area contributed by atoms with Crippen molar-refractivity contribution >= 4 is 5.91 Å². The van der Waals surface area contributed by atoms with E-state index >= 15 is 0 Å². The van der Waals surface area contributed by atoms with Crippen LogP contribution in [0.4, 0.5) is 13.2 Å². The average molecular weight is 274 g/mol. The molecule has 2 aromatic heterocycles. The van der Waals surface area contributed by atoms with Gasteiger partial charge >= 0.3 is 6.18 Å². The van der Waals surface area contributed by atoms with E-state index in [2.05, 4.69) is 15.2 Å². The van der Waals surface area contributed by atoms with Gasteiger partial charge in [0.1, 0.15) is 18.6 Å². The van der Waals surface area contributed by atoms with Crippen molar-refractivity contribution in [2.24, 2.45) is 0 Å². The van der Waals surface area contributed by atoms with E-state index in [9.17, 15) is 18.0 Å².